The molecular weight excluding hydrogens is 216 g/mol. The highest BCUT2D eigenvalue weighted by atomic mass is 16.5. The number of rotatable bonds is 3. The van der Waals surface area contributed by atoms with Gasteiger partial charge in [0.25, 0.3) is 0 Å². The Morgan fingerprint density at radius 3 is 2.76 bits per heavy atom. The van der Waals surface area contributed by atoms with E-state index >= 15 is 0 Å². The second-order valence-corrected chi connectivity index (χ2v) is 5.84. The number of ether oxygens (including phenoxy) is 1. The van der Waals surface area contributed by atoms with Gasteiger partial charge in [-0.05, 0) is 31.1 Å². The number of nitrogens with zero attached hydrogens (tertiary/aromatic N) is 1. The summed E-state index contributed by atoms with van der Waals surface area (Å²) in [5.41, 5.74) is 0. The molecule has 1 amide bonds. The van der Waals surface area contributed by atoms with Crippen LogP contribution in [0.15, 0.2) is 0 Å². The average Bonchev–Trinajstić information content (AvgIpc) is 2.96. The fourth-order valence-corrected chi connectivity index (χ4v) is 3.36. The summed E-state index contributed by atoms with van der Waals surface area (Å²) in [6.07, 6.45) is 3.83. The van der Waals surface area contributed by atoms with Crippen LogP contribution in [0.2, 0.25) is 0 Å². The van der Waals surface area contributed by atoms with Crippen LogP contribution in [0.25, 0.3) is 0 Å². The van der Waals surface area contributed by atoms with Crippen molar-refractivity contribution in [3.63, 3.8) is 0 Å². The van der Waals surface area contributed by atoms with E-state index in [0.29, 0.717) is 11.8 Å². The number of fused-ring (bicyclic) bond motifs is 1. The van der Waals surface area contributed by atoms with Gasteiger partial charge in [0.05, 0.1) is 12.7 Å². The molecule has 2 aliphatic carbocycles. The molecule has 0 radical (unpaired) electrons. The fourth-order valence-electron chi connectivity index (χ4n) is 3.36. The Balaban J connectivity index is 1.47. The summed E-state index contributed by atoms with van der Waals surface area (Å²) < 4.78 is 5.63. The van der Waals surface area contributed by atoms with E-state index in [9.17, 15) is 4.79 Å². The molecule has 3 unspecified atom stereocenters. The smallest absolute Gasteiger partial charge is 0.225 e. The van der Waals surface area contributed by atoms with Crippen molar-refractivity contribution >= 4 is 5.91 Å². The lowest BCUT2D eigenvalue weighted by Gasteiger charge is -2.29. The van der Waals surface area contributed by atoms with Crippen molar-refractivity contribution in [3.05, 3.63) is 0 Å². The lowest BCUT2D eigenvalue weighted by Crippen LogP contribution is -2.46. The van der Waals surface area contributed by atoms with Gasteiger partial charge >= 0.3 is 0 Å². The van der Waals surface area contributed by atoms with Crippen LogP contribution in [0.4, 0.5) is 0 Å². The van der Waals surface area contributed by atoms with E-state index in [1.165, 1.54) is 6.42 Å². The number of likely N-dealkylation sites (N-methyl/N-ethyl adjacent to an activating group) is 1. The lowest BCUT2D eigenvalue weighted by atomic mass is 10.0. The van der Waals surface area contributed by atoms with Crippen LogP contribution in [0.5, 0.6) is 0 Å². The monoisotopic (exact) mass is 238 g/mol. The molecule has 1 saturated heterocycles. The van der Waals surface area contributed by atoms with Gasteiger partial charge in [0.2, 0.25) is 5.91 Å². The summed E-state index contributed by atoms with van der Waals surface area (Å²) in [5, 5.41) is 3.30. The lowest BCUT2D eigenvalue weighted by molar-refractivity contribution is -0.136. The highest BCUT2D eigenvalue weighted by Gasteiger charge is 2.48. The molecule has 17 heavy (non-hydrogen) atoms. The standard InChI is InChI=1S/C13H22N2O2/c1-15(8-12-7-14-2-3-17-12)13(16)11-5-9-4-10(9)6-11/h9-12,14H,2-8H2,1H3. The van der Waals surface area contributed by atoms with E-state index in [1.807, 2.05) is 11.9 Å². The van der Waals surface area contributed by atoms with Crippen LogP contribution in [0.1, 0.15) is 19.3 Å². The van der Waals surface area contributed by atoms with Crippen molar-refractivity contribution in [1.29, 1.82) is 0 Å². The van der Waals surface area contributed by atoms with E-state index in [4.69, 9.17) is 4.74 Å². The first-order chi connectivity index (χ1) is 8.24. The van der Waals surface area contributed by atoms with Crippen molar-refractivity contribution < 1.29 is 9.53 Å². The summed E-state index contributed by atoms with van der Waals surface area (Å²) in [5.74, 6) is 2.40. The number of carbonyl (C=O) groups excluding carboxylic acids is 1. The number of morpholine rings is 1. The zero-order valence-electron chi connectivity index (χ0n) is 10.5. The van der Waals surface area contributed by atoms with Crippen molar-refractivity contribution in [2.45, 2.75) is 25.4 Å². The molecule has 0 spiro atoms. The first kappa shape index (κ1) is 11.5. The van der Waals surface area contributed by atoms with Crippen molar-refractivity contribution in [2.75, 3.05) is 33.3 Å². The number of amides is 1. The van der Waals surface area contributed by atoms with Crippen LogP contribution in [0, 0.1) is 17.8 Å². The van der Waals surface area contributed by atoms with Gasteiger partial charge in [-0.2, -0.15) is 0 Å². The van der Waals surface area contributed by atoms with E-state index in [2.05, 4.69) is 5.32 Å². The molecule has 96 valence electrons. The van der Waals surface area contributed by atoms with Gasteiger partial charge in [0.1, 0.15) is 0 Å². The zero-order valence-corrected chi connectivity index (χ0v) is 10.5. The minimum Gasteiger partial charge on any atom is -0.374 e. The quantitative estimate of drug-likeness (QED) is 0.777. The molecule has 3 fully saturated rings. The van der Waals surface area contributed by atoms with Gasteiger partial charge < -0.3 is 15.0 Å². The Morgan fingerprint density at radius 1 is 1.35 bits per heavy atom. The van der Waals surface area contributed by atoms with Crippen molar-refractivity contribution in [1.82, 2.24) is 10.2 Å². The zero-order chi connectivity index (χ0) is 11.8. The minimum absolute atomic E-state index is 0.175. The molecule has 4 nitrogen and oxygen atoms in total. The average molecular weight is 238 g/mol. The predicted octanol–water partition coefficient (Wildman–Crippen LogP) is 0.479. The maximum Gasteiger partial charge on any atom is 0.225 e. The van der Waals surface area contributed by atoms with Gasteiger partial charge in [-0.3, -0.25) is 4.79 Å². The van der Waals surface area contributed by atoms with E-state index in [0.717, 1.165) is 50.9 Å². The Kier molecular flexibility index (Phi) is 3.09. The SMILES string of the molecule is CN(CC1CNCCO1)C(=O)C1CC2CC2C1. The van der Waals surface area contributed by atoms with Crippen molar-refractivity contribution in [3.8, 4) is 0 Å². The third-order valence-corrected chi connectivity index (χ3v) is 4.45. The third kappa shape index (κ3) is 2.47. The highest BCUT2D eigenvalue weighted by molar-refractivity contribution is 5.79. The summed E-state index contributed by atoms with van der Waals surface area (Å²) >= 11 is 0. The van der Waals surface area contributed by atoms with Crippen LogP contribution < -0.4 is 5.32 Å². The molecule has 1 heterocycles. The number of hydrogen-bond donors (Lipinski definition) is 1. The molecule has 4 heteroatoms. The third-order valence-electron chi connectivity index (χ3n) is 4.45. The summed E-state index contributed by atoms with van der Waals surface area (Å²) in [6, 6.07) is 0. The number of carbonyl (C=O) groups is 1. The molecule has 3 atom stereocenters. The maximum absolute atomic E-state index is 12.2. The molecule has 3 aliphatic rings. The molecule has 0 aromatic heterocycles. The van der Waals surface area contributed by atoms with Gasteiger partial charge in [0, 0.05) is 32.6 Å². The molecule has 0 bridgehead atoms. The summed E-state index contributed by atoms with van der Waals surface area (Å²) in [7, 11) is 1.92. The summed E-state index contributed by atoms with van der Waals surface area (Å²) in [6.45, 7) is 3.30. The van der Waals surface area contributed by atoms with Crippen molar-refractivity contribution in [2.24, 2.45) is 17.8 Å². The molecule has 3 rings (SSSR count). The predicted molar refractivity (Wildman–Crippen MR) is 64.6 cm³/mol. The first-order valence-electron chi connectivity index (χ1n) is 6.81. The fraction of sp³-hybridized carbons (Fsp3) is 0.923. The van der Waals surface area contributed by atoms with Crippen LogP contribution in [-0.4, -0.2) is 50.2 Å². The normalized spacial score (nSPS) is 39.8. The van der Waals surface area contributed by atoms with Crippen LogP contribution in [-0.2, 0) is 9.53 Å². The summed E-state index contributed by atoms with van der Waals surface area (Å²) in [4.78, 5) is 14.1. The Morgan fingerprint density at radius 2 is 2.12 bits per heavy atom. The topological polar surface area (TPSA) is 41.6 Å². The molecule has 2 saturated carbocycles. The molecule has 1 N–H and O–H groups in total. The largest absolute Gasteiger partial charge is 0.374 e. The maximum atomic E-state index is 12.2. The second-order valence-electron chi connectivity index (χ2n) is 5.84. The van der Waals surface area contributed by atoms with Crippen LogP contribution in [0.3, 0.4) is 0 Å². The second kappa shape index (κ2) is 4.58. The Labute approximate surface area is 103 Å². The van der Waals surface area contributed by atoms with Gasteiger partial charge in [-0.15, -0.1) is 0 Å². The molecule has 1 aliphatic heterocycles. The van der Waals surface area contributed by atoms with Crippen LogP contribution >= 0.6 is 0 Å². The Hall–Kier alpha value is -0.610. The molecular formula is C13H22N2O2. The van der Waals surface area contributed by atoms with Gasteiger partial charge in [0.15, 0.2) is 0 Å². The van der Waals surface area contributed by atoms with Gasteiger partial charge in [-0.25, -0.2) is 0 Å². The van der Waals surface area contributed by atoms with Gasteiger partial charge in [-0.1, -0.05) is 0 Å². The first-order valence-corrected chi connectivity index (χ1v) is 6.81. The van der Waals surface area contributed by atoms with E-state index in [-0.39, 0.29) is 6.10 Å². The minimum atomic E-state index is 0.175. The van der Waals surface area contributed by atoms with E-state index < -0.39 is 0 Å². The molecule has 0 aromatic rings. The highest BCUT2D eigenvalue weighted by Crippen LogP contribution is 2.54. The van der Waals surface area contributed by atoms with E-state index in [1.54, 1.807) is 0 Å². The number of nitrogens with one attached hydrogen (secondary N) is 1. The number of hydrogen-bond acceptors (Lipinski definition) is 3. The molecule has 0 aromatic carbocycles. The Bertz CT molecular complexity index is 292.